The lowest BCUT2D eigenvalue weighted by molar-refractivity contribution is 0.0951. The number of aromatic nitrogens is 2. The summed E-state index contributed by atoms with van der Waals surface area (Å²) < 4.78 is 0. The zero-order valence-corrected chi connectivity index (χ0v) is 13.1. The Hall–Kier alpha value is -1.95. The fourth-order valence-electron chi connectivity index (χ4n) is 1.96. The predicted octanol–water partition coefficient (Wildman–Crippen LogP) is 2.89. The third-order valence-electron chi connectivity index (χ3n) is 3.18. The van der Waals surface area contributed by atoms with E-state index in [1.54, 1.807) is 0 Å². The van der Waals surface area contributed by atoms with Crippen molar-refractivity contribution >= 4 is 22.4 Å². The van der Waals surface area contributed by atoms with Crippen LogP contribution in [0.2, 0.25) is 0 Å². The lowest BCUT2D eigenvalue weighted by Gasteiger charge is -2.11. The molecule has 1 heterocycles. The minimum atomic E-state index is -0.156. The molecule has 1 unspecified atom stereocenters. The maximum Gasteiger partial charge on any atom is 0.282 e. The van der Waals surface area contributed by atoms with E-state index in [0.29, 0.717) is 22.6 Å². The second-order valence-corrected chi connectivity index (χ2v) is 5.78. The highest BCUT2D eigenvalue weighted by molar-refractivity contribution is 7.17. The second-order valence-electron chi connectivity index (χ2n) is 4.80. The van der Waals surface area contributed by atoms with Gasteiger partial charge in [0.2, 0.25) is 10.1 Å². The van der Waals surface area contributed by atoms with Crippen LogP contribution in [0.5, 0.6) is 0 Å². The summed E-state index contributed by atoms with van der Waals surface area (Å²) in [6.07, 6.45) is 0.897. The Morgan fingerprint density at radius 1 is 1.29 bits per heavy atom. The minimum Gasteiger partial charge on any atom is -0.360 e. The molecule has 0 bridgehead atoms. The SMILES string of the molecule is CCNc1nnc(C(=O)NCCC(C)c2ccccc2)s1. The Kier molecular flexibility index (Phi) is 5.68. The van der Waals surface area contributed by atoms with E-state index < -0.39 is 0 Å². The highest BCUT2D eigenvalue weighted by Crippen LogP contribution is 2.18. The van der Waals surface area contributed by atoms with Crippen molar-refractivity contribution in [2.24, 2.45) is 0 Å². The van der Waals surface area contributed by atoms with E-state index in [1.807, 2.05) is 25.1 Å². The fourth-order valence-corrected chi connectivity index (χ4v) is 2.69. The van der Waals surface area contributed by atoms with Gasteiger partial charge in [-0.1, -0.05) is 48.6 Å². The smallest absolute Gasteiger partial charge is 0.282 e. The molecule has 0 saturated carbocycles. The molecule has 5 nitrogen and oxygen atoms in total. The van der Waals surface area contributed by atoms with Crippen molar-refractivity contribution in [3.63, 3.8) is 0 Å². The zero-order valence-electron chi connectivity index (χ0n) is 12.3. The molecule has 0 fully saturated rings. The molecule has 1 aromatic heterocycles. The van der Waals surface area contributed by atoms with Gasteiger partial charge < -0.3 is 10.6 Å². The van der Waals surface area contributed by atoms with Gasteiger partial charge >= 0.3 is 0 Å². The Bertz CT molecular complexity index is 570. The summed E-state index contributed by atoms with van der Waals surface area (Å²) >= 11 is 1.28. The number of nitrogens with zero attached hydrogens (tertiary/aromatic N) is 2. The molecule has 1 atom stereocenters. The monoisotopic (exact) mass is 304 g/mol. The van der Waals surface area contributed by atoms with Crippen LogP contribution in [0, 0.1) is 0 Å². The van der Waals surface area contributed by atoms with Crippen LogP contribution in [0.15, 0.2) is 30.3 Å². The number of hydrogen-bond donors (Lipinski definition) is 2. The normalized spacial score (nSPS) is 11.9. The van der Waals surface area contributed by atoms with Crippen LogP contribution in [0.25, 0.3) is 0 Å². The van der Waals surface area contributed by atoms with Crippen molar-refractivity contribution in [3.8, 4) is 0 Å². The molecule has 0 aliphatic rings. The first-order chi connectivity index (χ1) is 10.2. The largest absolute Gasteiger partial charge is 0.360 e. The van der Waals surface area contributed by atoms with E-state index in [4.69, 9.17) is 0 Å². The molecule has 1 amide bonds. The number of anilines is 1. The first-order valence-corrected chi connectivity index (χ1v) is 7.93. The van der Waals surface area contributed by atoms with Crippen LogP contribution in [0.3, 0.4) is 0 Å². The van der Waals surface area contributed by atoms with Gasteiger partial charge in [0, 0.05) is 13.1 Å². The minimum absolute atomic E-state index is 0.156. The van der Waals surface area contributed by atoms with Crippen molar-refractivity contribution in [2.45, 2.75) is 26.2 Å². The number of carbonyl (C=O) groups excluding carboxylic acids is 1. The zero-order chi connectivity index (χ0) is 15.1. The highest BCUT2D eigenvalue weighted by atomic mass is 32.1. The van der Waals surface area contributed by atoms with Crippen molar-refractivity contribution in [2.75, 3.05) is 18.4 Å². The van der Waals surface area contributed by atoms with E-state index in [9.17, 15) is 4.79 Å². The molecule has 0 aliphatic heterocycles. The van der Waals surface area contributed by atoms with Crippen LogP contribution < -0.4 is 10.6 Å². The maximum atomic E-state index is 11.9. The van der Waals surface area contributed by atoms with E-state index in [2.05, 4.69) is 39.9 Å². The van der Waals surface area contributed by atoms with Gasteiger partial charge in [0.1, 0.15) is 0 Å². The molecule has 2 N–H and O–H groups in total. The summed E-state index contributed by atoms with van der Waals surface area (Å²) in [5.41, 5.74) is 1.29. The summed E-state index contributed by atoms with van der Waals surface area (Å²) in [4.78, 5) is 11.9. The van der Waals surface area contributed by atoms with Crippen molar-refractivity contribution in [3.05, 3.63) is 40.9 Å². The second kappa shape index (κ2) is 7.73. The summed E-state index contributed by atoms with van der Waals surface area (Å²) in [6, 6.07) is 10.3. The van der Waals surface area contributed by atoms with Gasteiger partial charge in [-0.15, -0.1) is 10.2 Å². The highest BCUT2D eigenvalue weighted by Gasteiger charge is 2.12. The Labute approximate surface area is 128 Å². The Morgan fingerprint density at radius 2 is 2.05 bits per heavy atom. The molecular weight excluding hydrogens is 284 g/mol. The molecule has 6 heteroatoms. The van der Waals surface area contributed by atoms with Crippen LogP contribution in [0.4, 0.5) is 5.13 Å². The standard InChI is InChI=1S/C15H20N4OS/c1-3-16-15-19-18-14(21-15)13(20)17-10-9-11(2)12-7-5-4-6-8-12/h4-8,11H,3,9-10H2,1-2H3,(H,16,19)(H,17,20). The number of hydrogen-bond acceptors (Lipinski definition) is 5. The quantitative estimate of drug-likeness (QED) is 0.825. The van der Waals surface area contributed by atoms with Crippen LogP contribution in [0.1, 0.15) is 41.6 Å². The van der Waals surface area contributed by atoms with Crippen molar-refractivity contribution < 1.29 is 4.79 Å². The molecule has 112 valence electrons. The first kappa shape index (κ1) is 15.4. The molecule has 21 heavy (non-hydrogen) atoms. The third-order valence-corrected chi connectivity index (χ3v) is 4.06. The van der Waals surface area contributed by atoms with Crippen molar-refractivity contribution in [1.29, 1.82) is 0 Å². The van der Waals surface area contributed by atoms with Gasteiger partial charge in [-0.05, 0) is 24.8 Å². The molecule has 0 aliphatic carbocycles. The van der Waals surface area contributed by atoms with E-state index in [-0.39, 0.29) is 5.91 Å². The molecule has 2 rings (SSSR count). The summed E-state index contributed by atoms with van der Waals surface area (Å²) in [6.45, 7) is 5.54. The molecule has 0 spiro atoms. The lowest BCUT2D eigenvalue weighted by Crippen LogP contribution is -2.25. The van der Waals surface area contributed by atoms with Gasteiger partial charge in [-0.2, -0.15) is 0 Å². The number of nitrogens with one attached hydrogen (secondary N) is 2. The average molecular weight is 304 g/mol. The predicted molar refractivity (Wildman–Crippen MR) is 85.9 cm³/mol. The van der Waals surface area contributed by atoms with Gasteiger partial charge in [0.25, 0.3) is 5.91 Å². The number of carbonyl (C=O) groups is 1. The fraction of sp³-hybridized carbons (Fsp3) is 0.400. The topological polar surface area (TPSA) is 66.9 Å². The summed E-state index contributed by atoms with van der Waals surface area (Å²) in [7, 11) is 0. The van der Waals surface area contributed by atoms with Crippen molar-refractivity contribution in [1.82, 2.24) is 15.5 Å². The summed E-state index contributed by atoms with van der Waals surface area (Å²) in [5.74, 6) is 0.259. The van der Waals surface area contributed by atoms with Crippen LogP contribution in [-0.4, -0.2) is 29.2 Å². The van der Waals surface area contributed by atoms with E-state index >= 15 is 0 Å². The molecule has 0 saturated heterocycles. The van der Waals surface area contributed by atoms with Crippen LogP contribution >= 0.6 is 11.3 Å². The van der Waals surface area contributed by atoms with Gasteiger partial charge in [0.05, 0.1) is 0 Å². The summed E-state index contributed by atoms with van der Waals surface area (Å²) in [5, 5.41) is 14.8. The lowest BCUT2D eigenvalue weighted by atomic mass is 9.98. The molecular formula is C15H20N4OS. The number of rotatable bonds is 7. The Morgan fingerprint density at radius 3 is 2.76 bits per heavy atom. The number of benzene rings is 1. The average Bonchev–Trinajstić information content (AvgIpc) is 2.97. The molecule has 2 aromatic rings. The molecule has 0 radical (unpaired) electrons. The molecule has 1 aromatic carbocycles. The first-order valence-electron chi connectivity index (χ1n) is 7.11. The van der Waals surface area contributed by atoms with Gasteiger partial charge in [0.15, 0.2) is 0 Å². The number of amides is 1. The van der Waals surface area contributed by atoms with E-state index in [0.717, 1.165) is 13.0 Å². The Balaban J connectivity index is 1.78. The van der Waals surface area contributed by atoms with E-state index in [1.165, 1.54) is 16.9 Å². The van der Waals surface area contributed by atoms with Gasteiger partial charge in [-0.3, -0.25) is 4.79 Å². The van der Waals surface area contributed by atoms with Crippen LogP contribution in [-0.2, 0) is 0 Å². The third kappa shape index (κ3) is 4.53. The maximum absolute atomic E-state index is 11.9. The van der Waals surface area contributed by atoms with Gasteiger partial charge in [-0.25, -0.2) is 0 Å².